The predicted molar refractivity (Wildman–Crippen MR) is 54.6 cm³/mol. The number of hydrogen-bond acceptors (Lipinski definition) is 4. The number of alkyl halides is 3. The lowest BCUT2D eigenvalue weighted by Crippen LogP contribution is -2.45. The molecule has 0 aromatic carbocycles. The number of sulfone groups is 1. The van der Waals surface area contributed by atoms with Crippen LogP contribution in [0.4, 0.5) is 13.2 Å². The molecule has 1 atom stereocenters. The summed E-state index contributed by atoms with van der Waals surface area (Å²) >= 11 is 0. The Kier molecular flexibility index (Phi) is 5.58. The molecule has 0 fully saturated rings. The summed E-state index contributed by atoms with van der Waals surface area (Å²) in [5, 5.41) is 10.4. The van der Waals surface area contributed by atoms with Gasteiger partial charge in [0.1, 0.15) is 6.04 Å². The molecule has 6 nitrogen and oxygen atoms in total. The first-order valence-electron chi connectivity index (χ1n) is 4.70. The van der Waals surface area contributed by atoms with Gasteiger partial charge >= 0.3 is 12.1 Å². The van der Waals surface area contributed by atoms with Crippen molar-refractivity contribution in [1.29, 1.82) is 0 Å². The van der Waals surface area contributed by atoms with Crippen LogP contribution in [0.15, 0.2) is 0 Å². The first-order valence-corrected chi connectivity index (χ1v) is 6.52. The average Bonchev–Trinajstić information content (AvgIpc) is 2.11. The van der Waals surface area contributed by atoms with Crippen molar-refractivity contribution < 1.29 is 36.3 Å². The quantitative estimate of drug-likeness (QED) is 0.714. The Labute approximate surface area is 101 Å². The van der Waals surface area contributed by atoms with E-state index in [1.807, 2.05) is 5.32 Å². The van der Waals surface area contributed by atoms with Crippen molar-refractivity contribution in [2.75, 3.05) is 11.5 Å². The van der Waals surface area contributed by atoms with E-state index in [4.69, 9.17) is 5.11 Å². The molecule has 0 bridgehead atoms. The summed E-state index contributed by atoms with van der Waals surface area (Å²) in [7, 11) is -4.22. The number of aliphatic carboxylic acids is 1. The van der Waals surface area contributed by atoms with Gasteiger partial charge in [-0.05, 0) is 0 Å². The van der Waals surface area contributed by atoms with Gasteiger partial charge in [0.2, 0.25) is 5.91 Å². The lowest BCUT2D eigenvalue weighted by atomic mass is 10.3. The highest BCUT2D eigenvalue weighted by Crippen LogP contribution is 2.20. The summed E-state index contributed by atoms with van der Waals surface area (Å²) in [5.74, 6) is -4.69. The summed E-state index contributed by atoms with van der Waals surface area (Å²) in [6.07, 6.45) is -6.19. The van der Waals surface area contributed by atoms with Crippen molar-refractivity contribution in [3.05, 3.63) is 0 Å². The number of carboxylic acids is 1. The van der Waals surface area contributed by atoms with E-state index in [2.05, 4.69) is 0 Å². The minimum Gasteiger partial charge on any atom is -0.480 e. The van der Waals surface area contributed by atoms with Gasteiger partial charge in [-0.3, -0.25) is 4.79 Å². The number of nitrogens with one attached hydrogen (secondary N) is 1. The third kappa shape index (κ3) is 7.87. The van der Waals surface area contributed by atoms with Gasteiger partial charge in [-0.2, -0.15) is 13.2 Å². The summed E-state index contributed by atoms with van der Waals surface area (Å²) in [6, 6.07) is -1.75. The van der Waals surface area contributed by atoms with Gasteiger partial charge in [-0.1, -0.05) is 0 Å². The fourth-order valence-corrected chi connectivity index (χ4v) is 2.47. The summed E-state index contributed by atoms with van der Waals surface area (Å²) in [5.41, 5.74) is 0. The van der Waals surface area contributed by atoms with E-state index in [-0.39, 0.29) is 0 Å². The lowest BCUT2D eigenvalue weighted by molar-refractivity contribution is -0.140. The molecule has 18 heavy (non-hydrogen) atoms. The zero-order valence-electron chi connectivity index (χ0n) is 9.32. The van der Waals surface area contributed by atoms with E-state index in [0.29, 0.717) is 0 Å². The Morgan fingerprint density at radius 1 is 1.33 bits per heavy atom. The zero-order valence-corrected chi connectivity index (χ0v) is 10.1. The molecule has 0 unspecified atom stereocenters. The third-order valence-electron chi connectivity index (χ3n) is 1.79. The standard InChI is InChI=1S/C8H12F3NO5S/c1-5(13)12-6(7(14)15)4-18(16,17)3-2-8(9,10)11/h6H,2-4H2,1H3,(H,12,13)(H,14,15)/t6-/m0/s1. The van der Waals surface area contributed by atoms with Gasteiger partial charge in [0.25, 0.3) is 0 Å². The van der Waals surface area contributed by atoms with E-state index in [1.165, 1.54) is 0 Å². The topological polar surface area (TPSA) is 101 Å². The van der Waals surface area contributed by atoms with Crippen molar-refractivity contribution in [2.24, 2.45) is 0 Å². The van der Waals surface area contributed by atoms with Crippen LogP contribution >= 0.6 is 0 Å². The molecule has 0 aromatic rings. The Morgan fingerprint density at radius 2 is 1.83 bits per heavy atom. The highest BCUT2D eigenvalue weighted by Gasteiger charge is 2.32. The van der Waals surface area contributed by atoms with Crippen molar-refractivity contribution >= 4 is 21.7 Å². The maximum absolute atomic E-state index is 11.8. The van der Waals surface area contributed by atoms with E-state index in [1.54, 1.807) is 0 Å². The molecule has 0 radical (unpaired) electrons. The SMILES string of the molecule is CC(=O)N[C@@H](CS(=O)(=O)CCC(F)(F)F)C(=O)O. The van der Waals surface area contributed by atoms with Crippen LogP contribution < -0.4 is 5.32 Å². The molecule has 0 aliphatic rings. The minimum atomic E-state index is -4.64. The van der Waals surface area contributed by atoms with Gasteiger partial charge < -0.3 is 10.4 Å². The molecule has 10 heteroatoms. The molecule has 0 saturated carbocycles. The van der Waals surface area contributed by atoms with Crippen molar-refractivity contribution in [3.8, 4) is 0 Å². The second-order valence-electron chi connectivity index (χ2n) is 3.57. The van der Waals surface area contributed by atoms with Crippen LogP contribution in [0.2, 0.25) is 0 Å². The van der Waals surface area contributed by atoms with E-state index >= 15 is 0 Å². The maximum Gasteiger partial charge on any atom is 0.390 e. The van der Waals surface area contributed by atoms with Crippen LogP contribution in [0.25, 0.3) is 0 Å². The average molecular weight is 291 g/mol. The number of hydrogen-bond donors (Lipinski definition) is 2. The third-order valence-corrected chi connectivity index (χ3v) is 3.46. The Hall–Kier alpha value is -1.32. The number of carboxylic acid groups (broad SMARTS) is 1. The fraction of sp³-hybridized carbons (Fsp3) is 0.750. The van der Waals surface area contributed by atoms with E-state index < -0.39 is 51.9 Å². The first-order chi connectivity index (χ1) is 7.93. The smallest absolute Gasteiger partial charge is 0.390 e. The second kappa shape index (κ2) is 6.03. The number of rotatable bonds is 6. The Balaban J connectivity index is 4.62. The molecule has 0 saturated heterocycles. The van der Waals surface area contributed by atoms with Gasteiger partial charge in [0.15, 0.2) is 9.84 Å². The number of carbonyl (C=O) groups excluding carboxylic acids is 1. The summed E-state index contributed by atoms with van der Waals surface area (Å²) < 4.78 is 58.0. The van der Waals surface area contributed by atoms with Crippen LogP contribution in [0.1, 0.15) is 13.3 Å². The number of carbonyl (C=O) groups is 2. The van der Waals surface area contributed by atoms with Crippen molar-refractivity contribution in [3.63, 3.8) is 0 Å². The fourth-order valence-electron chi connectivity index (χ4n) is 1.03. The van der Waals surface area contributed by atoms with Crippen LogP contribution in [0, 0.1) is 0 Å². The normalized spacial score (nSPS) is 14.0. The van der Waals surface area contributed by atoms with Crippen LogP contribution in [-0.2, 0) is 19.4 Å². The van der Waals surface area contributed by atoms with E-state index in [0.717, 1.165) is 6.92 Å². The number of halogens is 3. The highest BCUT2D eigenvalue weighted by atomic mass is 32.2. The maximum atomic E-state index is 11.8. The molecule has 0 aliphatic carbocycles. The predicted octanol–water partition coefficient (Wildman–Crippen LogP) is -0.0571. The summed E-state index contributed by atoms with van der Waals surface area (Å²) in [4.78, 5) is 21.2. The van der Waals surface area contributed by atoms with Gasteiger partial charge in [-0.15, -0.1) is 0 Å². The monoisotopic (exact) mass is 291 g/mol. The zero-order chi connectivity index (χ0) is 14.6. The van der Waals surface area contributed by atoms with Crippen LogP contribution in [0.3, 0.4) is 0 Å². The van der Waals surface area contributed by atoms with Gasteiger partial charge in [0.05, 0.1) is 17.9 Å². The molecule has 106 valence electrons. The Bertz CT molecular complexity index is 417. The van der Waals surface area contributed by atoms with Crippen LogP contribution in [-0.4, -0.2) is 49.1 Å². The van der Waals surface area contributed by atoms with Gasteiger partial charge in [0, 0.05) is 6.92 Å². The Morgan fingerprint density at radius 3 is 2.17 bits per heavy atom. The minimum absolute atomic E-state index is 0.784. The molecule has 0 aromatic heterocycles. The largest absolute Gasteiger partial charge is 0.480 e. The highest BCUT2D eigenvalue weighted by molar-refractivity contribution is 7.91. The second-order valence-corrected chi connectivity index (χ2v) is 5.80. The van der Waals surface area contributed by atoms with Crippen molar-refractivity contribution in [1.82, 2.24) is 5.32 Å². The number of amides is 1. The summed E-state index contributed by atoms with van der Waals surface area (Å²) in [6.45, 7) is 0.971. The molecular weight excluding hydrogens is 279 g/mol. The molecule has 1 amide bonds. The van der Waals surface area contributed by atoms with E-state index in [9.17, 15) is 31.2 Å². The molecule has 0 aliphatic heterocycles. The first kappa shape index (κ1) is 16.7. The van der Waals surface area contributed by atoms with Crippen LogP contribution in [0.5, 0.6) is 0 Å². The molecule has 2 N–H and O–H groups in total. The molecular formula is C8H12F3NO5S. The molecule has 0 spiro atoms. The van der Waals surface area contributed by atoms with Crippen molar-refractivity contribution in [2.45, 2.75) is 25.6 Å². The molecule has 0 rings (SSSR count). The lowest BCUT2D eigenvalue weighted by Gasteiger charge is -2.14. The molecule has 0 heterocycles. The van der Waals surface area contributed by atoms with Gasteiger partial charge in [-0.25, -0.2) is 13.2 Å².